The highest BCUT2D eigenvalue weighted by molar-refractivity contribution is 7.22. The van der Waals surface area contributed by atoms with Gasteiger partial charge in [0.1, 0.15) is 0 Å². The number of aromatic nitrogens is 1. The van der Waals surface area contributed by atoms with Crippen LogP contribution in [0.3, 0.4) is 0 Å². The van der Waals surface area contributed by atoms with E-state index in [-0.39, 0.29) is 11.8 Å². The monoisotopic (exact) mass is 458 g/mol. The van der Waals surface area contributed by atoms with Gasteiger partial charge in [0.2, 0.25) is 0 Å². The molecule has 7 nitrogen and oxygen atoms in total. The summed E-state index contributed by atoms with van der Waals surface area (Å²) in [5.74, 6) is -0.561. The molecule has 2 N–H and O–H groups in total. The first kappa shape index (κ1) is 21.1. The summed E-state index contributed by atoms with van der Waals surface area (Å²) in [5, 5.41) is 6.75. The minimum absolute atomic E-state index is 0.266. The number of nitrogens with one attached hydrogen (secondary N) is 2. The number of thiazole rings is 1. The van der Waals surface area contributed by atoms with Crippen LogP contribution in [0.1, 0.15) is 20.7 Å². The van der Waals surface area contributed by atoms with Gasteiger partial charge in [-0.3, -0.25) is 9.59 Å². The van der Waals surface area contributed by atoms with Crippen LogP contribution in [-0.4, -0.2) is 43.1 Å². The van der Waals surface area contributed by atoms with E-state index in [0.717, 1.165) is 28.4 Å². The lowest BCUT2D eigenvalue weighted by atomic mass is 10.1. The zero-order valence-corrected chi connectivity index (χ0v) is 18.6. The van der Waals surface area contributed by atoms with Gasteiger partial charge in [-0.2, -0.15) is 0 Å². The normalized spacial score (nSPS) is 13.6. The Hall–Kier alpha value is -3.75. The molecule has 1 aliphatic heterocycles. The largest absolute Gasteiger partial charge is 0.378 e. The van der Waals surface area contributed by atoms with Gasteiger partial charge in [0.15, 0.2) is 5.13 Å². The van der Waals surface area contributed by atoms with Crippen LogP contribution in [0.5, 0.6) is 0 Å². The summed E-state index contributed by atoms with van der Waals surface area (Å²) in [6, 6.07) is 21.6. The van der Waals surface area contributed by atoms with Crippen molar-refractivity contribution in [3.63, 3.8) is 0 Å². The molecule has 1 aromatic heterocycles. The summed E-state index contributed by atoms with van der Waals surface area (Å²) < 4.78 is 6.42. The average molecular weight is 459 g/mol. The maximum atomic E-state index is 13.0. The lowest BCUT2D eigenvalue weighted by Crippen LogP contribution is -2.36. The Labute approximate surface area is 195 Å². The highest BCUT2D eigenvalue weighted by Gasteiger charge is 2.17. The number of hydrogen-bond donors (Lipinski definition) is 2. The fourth-order valence-corrected chi connectivity index (χ4v) is 4.71. The molecule has 0 aliphatic carbocycles. The summed E-state index contributed by atoms with van der Waals surface area (Å²) in [4.78, 5) is 32.6. The van der Waals surface area contributed by atoms with Gasteiger partial charge in [-0.25, -0.2) is 4.98 Å². The quantitative estimate of drug-likeness (QED) is 0.455. The number of amides is 2. The Kier molecular flexibility index (Phi) is 6.01. The third-order valence-electron chi connectivity index (χ3n) is 5.37. The van der Waals surface area contributed by atoms with Crippen molar-refractivity contribution in [3.05, 3.63) is 83.9 Å². The first-order chi connectivity index (χ1) is 16.2. The van der Waals surface area contributed by atoms with Crippen LogP contribution in [0, 0.1) is 0 Å². The molecule has 2 amide bonds. The first-order valence-corrected chi connectivity index (χ1v) is 11.5. The zero-order chi connectivity index (χ0) is 22.6. The van der Waals surface area contributed by atoms with E-state index in [1.54, 1.807) is 59.9 Å². The van der Waals surface area contributed by atoms with Gasteiger partial charge in [-0.15, -0.1) is 0 Å². The van der Waals surface area contributed by atoms with Gasteiger partial charge in [0.05, 0.1) is 34.7 Å². The van der Waals surface area contributed by atoms with Gasteiger partial charge < -0.3 is 20.3 Å². The van der Waals surface area contributed by atoms with E-state index in [4.69, 9.17) is 9.72 Å². The van der Waals surface area contributed by atoms with Crippen molar-refractivity contribution in [1.29, 1.82) is 0 Å². The van der Waals surface area contributed by atoms with Gasteiger partial charge in [0.25, 0.3) is 11.8 Å². The molecule has 0 spiro atoms. The summed E-state index contributed by atoms with van der Waals surface area (Å²) in [6.45, 7) is 3.07. The van der Waals surface area contributed by atoms with E-state index in [9.17, 15) is 9.59 Å². The molecular weight excluding hydrogens is 436 g/mol. The minimum Gasteiger partial charge on any atom is -0.378 e. The second-order valence-electron chi connectivity index (χ2n) is 7.60. The summed E-state index contributed by atoms with van der Waals surface area (Å²) >= 11 is 1.60. The Morgan fingerprint density at radius 3 is 2.45 bits per heavy atom. The molecular formula is C25H22N4O3S. The third kappa shape index (κ3) is 4.72. The molecule has 8 heteroatoms. The number of hydrogen-bond acceptors (Lipinski definition) is 6. The fourth-order valence-electron chi connectivity index (χ4n) is 3.65. The average Bonchev–Trinajstić information content (AvgIpc) is 3.29. The Bertz CT molecular complexity index is 1300. The second-order valence-corrected chi connectivity index (χ2v) is 8.61. The number of para-hydroxylation sites is 1. The van der Waals surface area contributed by atoms with Crippen LogP contribution in [-0.2, 0) is 4.74 Å². The maximum absolute atomic E-state index is 13.0. The van der Waals surface area contributed by atoms with Crippen LogP contribution in [0.15, 0.2) is 72.8 Å². The number of benzene rings is 3. The molecule has 4 aromatic rings. The van der Waals surface area contributed by atoms with E-state index >= 15 is 0 Å². The molecule has 0 unspecified atom stereocenters. The SMILES string of the molecule is O=C(Nc1ccccc1C(=O)Nc1ccc2nc(N3CCOCC3)sc2c1)c1ccccc1. The minimum atomic E-state index is -0.295. The Balaban J connectivity index is 1.33. The fraction of sp³-hybridized carbons (Fsp3) is 0.160. The smallest absolute Gasteiger partial charge is 0.257 e. The maximum Gasteiger partial charge on any atom is 0.257 e. The molecule has 5 rings (SSSR count). The van der Waals surface area contributed by atoms with Crippen LogP contribution in [0.25, 0.3) is 10.2 Å². The first-order valence-electron chi connectivity index (χ1n) is 10.7. The summed E-state index contributed by atoms with van der Waals surface area (Å²) in [5.41, 5.74) is 2.95. The molecule has 2 heterocycles. The van der Waals surface area contributed by atoms with Gasteiger partial charge >= 0.3 is 0 Å². The molecule has 0 bridgehead atoms. The predicted octanol–water partition coefficient (Wildman–Crippen LogP) is 4.64. The number of rotatable bonds is 5. The van der Waals surface area contributed by atoms with Gasteiger partial charge in [0, 0.05) is 24.3 Å². The topological polar surface area (TPSA) is 83.6 Å². The number of carbonyl (C=O) groups is 2. The van der Waals surface area contributed by atoms with E-state index in [2.05, 4.69) is 15.5 Å². The molecule has 1 saturated heterocycles. The molecule has 0 saturated carbocycles. The molecule has 3 aromatic carbocycles. The molecule has 1 aliphatic rings. The van der Waals surface area contributed by atoms with Crippen molar-refractivity contribution in [2.75, 3.05) is 41.8 Å². The van der Waals surface area contributed by atoms with E-state index in [0.29, 0.717) is 35.7 Å². The number of fused-ring (bicyclic) bond motifs is 1. The van der Waals surface area contributed by atoms with E-state index in [1.165, 1.54) is 0 Å². The van der Waals surface area contributed by atoms with Crippen molar-refractivity contribution in [2.45, 2.75) is 0 Å². The van der Waals surface area contributed by atoms with Crippen molar-refractivity contribution in [2.24, 2.45) is 0 Å². The van der Waals surface area contributed by atoms with Crippen molar-refractivity contribution in [3.8, 4) is 0 Å². The highest BCUT2D eigenvalue weighted by atomic mass is 32.1. The Morgan fingerprint density at radius 1 is 0.879 bits per heavy atom. The van der Waals surface area contributed by atoms with Gasteiger partial charge in [-0.05, 0) is 42.5 Å². The Morgan fingerprint density at radius 2 is 1.64 bits per heavy atom. The van der Waals surface area contributed by atoms with Gasteiger partial charge in [-0.1, -0.05) is 41.7 Å². The van der Waals surface area contributed by atoms with Crippen LogP contribution in [0.4, 0.5) is 16.5 Å². The number of nitrogens with zero attached hydrogens (tertiary/aromatic N) is 2. The zero-order valence-electron chi connectivity index (χ0n) is 17.8. The van der Waals surface area contributed by atoms with Crippen LogP contribution in [0.2, 0.25) is 0 Å². The molecule has 1 fully saturated rings. The van der Waals surface area contributed by atoms with Crippen molar-refractivity contribution < 1.29 is 14.3 Å². The van der Waals surface area contributed by atoms with Crippen LogP contribution < -0.4 is 15.5 Å². The number of anilines is 3. The third-order valence-corrected chi connectivity index (χ3v) is 6.45. The van der Waals surface area contributed by atoms with E-state index < -0.39 is 0 Å². The number of carbonyl (C=O) groups excluding carboxylic acids is 2. The number of morpholine rings is 1. The number of ether oxygens (including phenoxy) is 1. The van der Waals surface area contributed by atoms with E-state index in [1.807, 2.05) is 24.3 Å². The standard InChI is InChI=1S/C25H22N4O3S/c30-23(17-6-2-1-3-7-17)27-20-9-5-4-8-19(20)24(31)26-18-10-11-21-22(16-18)33-25(28-21)29-12-14-32-15-13-29/h1-11,16H,12-15H2,(H,26,31)(H,27,30). The summed E-state index contributed by atoms with van der Waals surface area (Å²) in [7, 11) is 0. The molecule has 0 radical (unpaired) electrons. The molecule has 166 valence electrons. The lowest BCUT2D eigenvalue weighted by Gasteiger charge is -2.25. The second kappa shape index (κ2) is 9.40. The molecule has 0 atom stereocenters. The lowest BCUT2D eigenvalue weighted by molar-refractivity contribution is 0.102. The summed E-state index contributed by atoms with van der Waals surface area (Å²) in [6.07, 6.45) is 0. The predicted molar refractivity (Wildman–Crippen MR) is 131 cm³/mol. The molecule has 33 heavy (non-hydrogen) atoms. The van der Waals surface area contributed by atoms with Crippen molar-refractivity contribution in [1.82, 2.24) is 4.98 Å². The highest BCUT2D eigenvalue weighted by Crippen LogP contribution is 2.31. The van der Waals surface area contributed by atoms with Crippen molar-refractivity contribution >= 4 is 49.9 Å². The van der Waals surface area contributed by atoms with Crippen LogP contribution >= 0.6 is 11.3 Å².